The van der Waals surface area contributed by atoms with Crippen LogP contribution in [-0.4, -0.2) is 67.8 Å². The third-order valence-corrected chi connectivity index (χ3v) is 6.68. The van der Waals surface area contributed by atoms with Crippen molar-refractivity contribution >= 4 is 40.1 Å². The molecule has 196 valence electrons. The molecular formula is C28H30N6O4. The standard InChI is InChI=1S/C27H28N6O2.CH2O2/c1-4-25(34)33-15-20(13-21(33)16-35-3)32-14-19(26-24(32)10-11-29-27(26)28)8-6-18-7-9-23-22(12-18)30-17-31(23)5-2;2-1-3/h4,7,9-12,14,17,20-21H,1,5,13,15-16H2,2-3H3,(H2,28,29);1H,(H,2,3)/t20-,21+;/m0./s1. The Hall–Kier alpha value is -4.62. The second-order valence-corrected chi connectivity index (χ2v) is 8.82. The number of rotatable bonds is 5. The minimum absolute atomic E-state index is 0.0173. The van der Waals surface area contributed by atoms with Gasteiger partial charge in [-0.25, -0.2) is 9.97 Å². The highest BCUT2D eigenvalue weighted by atomic mass is 16.5. The first-order valence-corrected chi connectivity index (χ1v) is 12.2. The number of nitrogens with two attached hydrogens (primary N) is 1. The quantitative estimate of drug-likeness (QED) is 0.238. The van der Waals surface area contributed by atoms with Gasteiger partial charge in [0.1, 0.15) is 5.82 Å². The van der Waals surface area contributed by atoms with Crippen molar-refractivity contribution in [1.82, 2.24) is 24.0 Å². The summed E-state index contributed by atoms with van der Waals surface area (Å²) in [4.78, 5) is 31.4. The number of carbonyl (C=O) groups excluding carboxylic acids is 1. The fourth-order valence-corrected chi connectivity index (χ4v) is 4.99. The number of nitrogens with zero attached hydrogens (tertiary/aromatic N) is 5. The molecule has 0 radical (unpaired) electrons. The van der Waals surface area contributed by atoms with Crippen molar-refractivity contribution in [3.05, 3.63) is 66.8 Å². The van der Waals surface area contributed by atoms with E-state index in [0.717, 1.165) is 46.0 Å². The molecule has 0 saturated carbocycles. The van der Waals surface area contributed by atoms with E-state index >= 15 is 0 Å². The maximum Gasteiger partial charge on any atom is 0.290 e. The predicted molar refractivity (Wildman–Crippen MR) is 145 cm³/mol. The third kappa shape index (κ3) is 5.10. The van der Waals surface area contributed by atoms with Crippen LogP contribution in [0.2, 0.25) is 0 Å². The number of benzene rings is 1. The van der Waals surface area contributed by atoms with Gasteiger partial charge in [-0.15, -0.1) is 0 Å². The SMILES string of the molecule is C=CC(=O)N1C[C@@H](n2cc(C#Cc3ccc4c(c3)ncn4CC)c3c(N)nccc32)C[C@@H]1COC.O=CO. The highest BCUT2D eigenvalue weighted by molar-refractivity contribution is 5.95. The number of fused-ring (bicyclic) bond motifs is 2. The fourth-order valence-electron chi connectivity index (χ4n) is 4.99. The topological polar surface area (TPSA) is 128 Å². The Morgan fingerprint density at radius 2 is 2.08 bits per heavy atom. The molecule has 10 heteroatoms. The lowest BCUT2D eigenvalue weighted by Gasteiger charge is -2.22. The zero-order valence-corrected chi connectivity index (χ0v) is 21.4. The Morgan fingerprint density at radius 3 is 2.79 bits per heavy atom. The maximum absolute atomic E-state index is 12.5. The lowest BCUT2D eigenvalue weighted by Crippen LogP contribution is -2.37. The van der Waals surface area contributed by atoms with Crippen LogP contribution < -0.4 is 5.73 Å². The number of ether oxygens (including phenoxy) is 1. The molecule has 1 fully saturated rings. The monoisotopic (exact) mass is 514 g/mol. The van der Waals surface area contributed by atoms with E-state index in [0.29, 0.717) is 19.0 Å². The van der Waals surface area contributed by atoms with Crippen LogP contribution in [0.3, 0.4) is 0 Å². The lowest BCUT2D eigenvalue weighted by molar-refractivity contribution is -0.127. The van der Waals surface area contributed by atoms with Crippen molar-refractivity contribution in [2.45, 2.75) is 32.0 Å². The van der Waals surface area contributed by atoms with E-state index in [4.69, 9.17) is 20.4 Å². The first-order valence-electron chi connectivity index (χ1n) is 12.2. The summed E-state index contributed by atoms with van der Waals surface area (Å²) < 4.78 is 9.65. The fraction of sp³-hybridized carbons (Fsp3) is 0.286. The summed E-state index contributed by atoms with van der Waals surface area (Å²) in [7, 11) is 1.65. The number of aromatic nitrogens is 4. The van der Waals surface area contributed by atoms with E-state index in [1.165, 1.54) is 6.08 Å². The summed E-state index contributed by atoms with van der Waals surface area (Å²) >= 11 is 0. The summed E-state index contributed by atoms with van der Waals surface area (Å²) in [5, 5.41) is 7.72. The van der Waals surface area contributed by atoms with E-state index in [-0.39, 0.29) is 24.5 Å². The van der Waals surface area contributed by atoms with E-state index in [9.17, 15) is 4.79 Å². The highest BCUT2D eigenvalue weighted by Gasteiger charge is 2.35. The molecule has 38 heavy (non-hydrogen) atoms. The number of carboxylic acid groups (broad SMARTS) is 1. The Balaban J connectivity index is 0.00000107. The van der Waals surface area contributed by atoms with Crippen molar-refractivity contribution in [3.8, 4) is 11.8 Å². The molecule has 3 N–H and O–H groups in total. The molecule has 0 bridgehead atoms. The van der Waals surface area contributed by atoms with Gasteiger partial charge >= 0.3 is 0 Å². The highest BCUT2D eigenvalue weighted by Crippen LogP contribution is 2.34. The Bertz CT molecular complexity index is 1540. The van der Waals surface area contributed by atoms with E-state index in [2.05, 4.69) is 50.5 Å². The van der Waals surface area contributed by atoms with E-state index in [1.807, 2.05) is 35.6 Å². The molecule has 0 spiro atoms. The zero-order chi connectivity index (χ0) is 27.2. The van der Waals surface area contributed by atoms with Crippen LogP contribution in [0.1, 0.15) is 30.5 Å². The molecule has 0 unspecified atom stereocenters. The molecule has 1 aliphatic heterocycles. The number of aryl methyl sites for hydroxylation is 1. The number of carbonyl (C=O) groups is 2. The molecule has 2 atom stereocenters. The first-order chi connectivity index (χ1) is 18.4. The molecule has 4 aromatic rings. The Morgan fingerprint density at radius 1 is 1.29 bits per heavy atom. The van der Waals surface area contributed by atoms with Gasteiger partial charge in [-0.1, -0.05) is 18.4 Å². The summed E-state index contributed by atoms with van der Waals surface area (Å²) in [6, 6.07) is 8.05. The summed E-state index contributed by atoms with van der Waals surface area (Å²) in [6.45, 7) is 7.41. The number of hydrogen-bond donors (Lipinski definition) is 2. The minimum Gasteiger partial charge on any atom is -0.483 e. The Kier molecular flexibility index (Phi) is 8.09. The van der Waals surface area contributed by atoms with Crippen molar-refractivity contribution in [2.24, 2.45) is 0 Å². The van der Waals surface area contributed by atoms with Crippen molar-refractivity contribution in [2.75, 3.05) is 26.0 Å². The van der Waals surface area contributed by atoms with Crippen LogP contribution >= 0.6 is 0 Å². The molecule has 10 nitrogen and oxygen atoms in total. The van der Waals surface area contributed by atoms with E-state index < -0.39 is 0 Å². The van der Waals surface area contributed by atoms with Crippen molar-refractivity contribution in [1.29, 1.82) is 0 Å². The van der Waals surface area contributed by atoms with Gasteiger partial charge in [-0.3, -0.25) is 9.59 Å². The summed E-state index contributed by atoms with van der Waals surface area (Å²) in [5.41, 5.74) is 11.0. The second-order valence-electron chi connectivity index (χ2n) is 8.82. The maximum atomic E-state index is 12.5. The molecular weight excluding hydrogens is 484 g/mol. The number of nitrogen functional groups attached to an aromatic ring is 1. The third-order valence-electron chi connectivity index (χ3n) is 6.68. The second kappa shape index (κ2) is 11.6. The summed E-state index contributed by atoms with van der Waals surface area (Å²) in [6.07, 6.45) is 7.70. The van der Waals surface area contributed by atoms with Crippen LogP contribution in [0, 0.1) is 11.8 Å². The Labute approximate surface area is 220 Å². The van der Waals surface area contributed by atoms with Gasteiger partial charge in [-0.05, 0) is 43.7 Å². The molecule has 1 aromatic carbocycles. The largest absolute Gasteiger partial charge is 0.483 e. The van der Waals surface area contributed by atoms with E-state index in [1.54, 1.807) is 13.3 Å². The van der Waals surface area contributed by atoms with Crippen molar-refractivity contribution in [3.63, 3.8) is 0 Å². The molecule has 1 amide bonds. The lowest BCUT2D eigenvalue weighted by atomic mass is 10.1. The van der Waals surface area contributed by atoms with Gasteiger partial charge in [0, 0.05) is 38.2 Å². The molecule has 0 aliphatic carbocycles. The predicted octanol–water partition coefficient (Wildman–Crippen LogP) is 3.06. The smallest absolute Gasteiger partial charge is 0.290 e. The van der Waals surface area contributed by atoms with Crippen LogP contribution in [-0.2, 0) is 20.9 Å². The number of pyridine rings is 1. The average molecular weight is 515 g/mol. The van der Waals surface area contributed by atoms with Gasteiger partial charge in [0.25, 0.3) is 6.47 Å². The number of anilines is 1. The number of amides is 1. The first kappa shape index (κ1) is 26.4. The summed E-state index contributed by atoms with van der Waals surface area (Å²) in [5.74, 6) is 6.93. The number of hydrogen-bond acceptors (Lipinski definition) is 6. The molecule has 1 saturated heterocycles. The van der Waals surface area contributed by atoms with Crippen molar-refractivity contribution < 1.29 is 19.4 Å². The average Bonchev–Trinajstić information content (AvgIpc) is 3.63. The van der Waals surface area contributed by atoms with Crippen LogP contribution in [0.25, 0.3) is 21.9 Å². The minimum atomic E-state index is -0.250. The van der Waals surface area contributed by atoms with Gasteiger partial charge < -0.3 is 29.6 Å². The van der Waals surface area contributed by atoms with Gasteiger partial charge in [0.2, 0.25) is 5.91 Å². The molecule has 3 aromatic heterocycles. The van der Waals surface area contributed by atoms with Gasteiger partial charge in [0.15, 0.2) is 0 Å². The zero-order valence-electron chi connectivity index (χ0n) is 21.4. The molecule has 5 rings (SSSR count). The molecule has 4 heterocycles. The number of methoxy groups -OCH3 is 1. The normalized spacial score (nSPS) is 16.5. The van der Waals surface area contributed by atoms with Gasteiger partial charge in [-0.2, -0.15) is 0 Å². The van der Waals surface area contributed by atoms with Crippen LogP contribution in [0.4, 0.5) is 5.82 Å². The van der Waals surface area contributed by atoms with Crippen LogP contribution in [0.15, 0.2) is 55.6 Å². The molecule has 1 aliphatic rings. The van der Waals surface area contributed by atoms with Crippen LogP contribution in [0.5, 0.6) is 0 Å². The number of likely N-dealkylation sites (tertiary alicyclic amines) is 1. The van der Waals surface area contributed by atoms with Gasteiger partial charge in [0.05, 0.1) is 52.5 Å². The number of imidazole rings is 1.